The summed E-state index contributed by atoms with van der Waals surface area (Å²) in [5, 5.41) is 11.3. The fourth-order valence-corrected chi connectivity index (χ4v) is 2.38. The van der Waals surface area contributed by atoms with Gasteiger partial charge in [0, 0.05) is 13.1 Å². The average molecular weight is 291 g/mol. The molecule has 0 spiro atoms. The summed E-state index contributed by atoms with van der Waals surface area (Å²) in [6, 6.07) is 6.53. The van der Waals surface area contributed by atoms with Gasteiger partial charge in [-0.05, 0) is 18.1 Å². The second-order valence-electron chi connectivity index (χ2n) is 5.12. The number of nitrogens with one attached hydrogen (secondary N) is 1. The summed E-state index contributed by atoms with van der Waals surface area (Å²) in [5.41, 5.74) is 5.89. The van der Waals surface area contributed by atoms with E-state index >= 15 is 0 Å². The van der Waals surface area contributed by atoms with Crippen LogP contribution in [-0.2, 0) is 9.59 Å². The minimum absolute atomic E-state index is 0.105. The molecule has 21 heavy (non-hydrogen) atoms. The van der Waals surface area contributed by atoms with Crippen LogP contribution in [0.15, 0.2) is 24.3 Å². The Balaban J connectivity index is 1.84. The quantitative estimate of drug-likeness (QED) is 0.689. The van der Waals surface area contributed by atoms with E-state index in [9.17, 15) is 14.4 Å². The smallest absolute Gasteiger partial charge is 0.303 e. The van der Waals surface area contributed by atoms with Gasteiger partial charge in [-0.3, -0.25) is 19.3 Å². The predicted molar refractivity (Wildman–Crippen MR) is 75.8 cm³/mol. The molecule has 0 aliphatic carbocycles. The number of carbonyl (C=O) groups is 3. The molecule has 0 aromatic heterocycles. The highest BCUT2D eigenvalue weighted by atomic mass is 16.4. The van der Waals surface area contributed by atoms with Crippen molar-refractivity contribution >= 4 is 23.5 Å². The zero-order chi connectivity index (χ0) is 15.4. The Bertz CT molecular complexity index is 567. The number of likely N-dealkylation sites (tertiary alicyclic amines) is 1. The third-order valence-electron chi connectivity index (χ3n) is 3.33. The second-order valence-corrected chi connectivity index (χ2v) is 5.12. The van der Waals surface area contributed by atoms with E-state index in [1.165, 1.54) is 0 Å². The fourth-order valence-electron chi connectivity index (χ4n) is 2.38. The Morgan fingerprint density at radius 2 is 1.95 bits per heavy atom. The van der Waals surface area contributed by atoms with Gasteiger partial charge >= 0.3 is 5.97 Å². The number of para-hydroxylation sites is 1. The van der Waals surface area contributed by atoms with Gasteiger partial charge in [-0.2, -0.15) is 0 Å². The maximum atomic E-state index is 11.9. The van der Waals surface area contributed by atoms with E-state index in [1.54, 1.807) is 24.3 Å². The summed E-state index contributed by atoms with van der Waals surface area (Å²) in [4.78, 5) is 35.5. The van der Waals surface area contributed by atoms with E-state index in [0.717, 1.165) is 0 Å². The predicted octanol–water partition coefficient (Wildman–Crippen LogP) is 0.130. The molecule has 1 aliphatic heterocycles. The minimum Gasteiger partial charge on any atom is -0.481 e. The summed E-state index contributed by atoms with van der Waals surface area (Å²) >= 11 is 0. The van der Waals surface area contributed by atoms with Gasteiger partial charge in [-0.15, -0.1) is 0 Å². The highest BCUT2D eigenvalue weighted by Crippen LogP contribution is 2.19. The van der Waals surface area contributed by atoms with E-state index in [4.69, 9.17) is 10.8 Å². The van der Waals surface area contributed by atoms with E-state index in [-0.39, 0.29) is 30.4 Å². The van der Waals surface area contributed by atoms with Gasteiger partial charge in [0.25, 0.3) is 5.91 Å². The summed E-state index contributed by atoms with van der Waals surface area (Å²) in [6.07, 6.45) is 0.128. The molecule has 0 atom stereocenters. The number of nitrogens with two attached hydrogens (primary N) is 1. The summed E-state index contributed by atoms with van der Waals surface area (Å²) in [5.74, 6) is -1.57. The topological polar surface area (TPSA) is 113 Å². The van der Waals surface area contributed by atoms with Gasteiger partial charge in [-0.1, -0.05) is 12.1 Å². The zero-order valence-electron chi connectivity index (χ0n) is 11.4. The normalized spacial score (nSPS) is 15.2. The SMILES string of the molecule is NC(=O)c1ccccc1NC(=O)CN1CC(CC(=O)O)C1. The zero-order valence-corrected chi connectivity index (χ0v) is 11.4. The lowest BCUT2D eigenvalue weighted by atomic mass is 9.96. The number of nitrogens with zero attached hydrogens (tertiary/aromatic N) is 1. The van der Waals surface area contributed by atoms with E-state index in [0.29, 0.717) is 18.8 Å². The van der Waals surface area contributed by atoms with Crippen molar-refractivity contribution < 1.29 is 19.5 Å². The van der Waals surface area contributed by atoms with Crippen LogP contribution in [0.25, 0.3) is 0 Å². The van der Waals surface area contributed by atoms with Crippen molar-refractivity contribution in [3.63, 3.8) is 0 Å². The fraction of sp³-hybridized carbons (Fsp3) is 0.357. The molecule has 112 valence electrons. The number of carboxylic acid groups (broad SMARTS) is 1. The van der Waals surface area contributed by atoms with Crippen LogP contribution >= 0.6 is 0 Å². The highest BCUT2D eigenvalue weighted by Gasteiger charge is 2.29. The Morgan fingerprint density at radius 3 is 2.57 bits per heavy atom. The molecule has 0 unspecified atom stereocenters. The monoisotopic (exact) mass is 291 g/mol. The van der Waals surface area contributed by atoms with Gasteiger partial charge in [-0.25, -0.2) is 0 Å². The van der Waals surface area contributed by atoms with Crippen LogP contribution in [0.2, 0.25) is 0 Å². The number of rotatable bonds is 6. The third-order valence-corrected chi connectivity index (χ3v) is 3.33. The van der Waals surface area contributed by atoms with Crippen molar-refractivity contribution in [2.45, 2.75) is 6.42 Å². The lowest BCUT2D eigenvalue weighted by molar-refractivity contribution is -0.139. The van der Waals surface area contributed by atoms with Crippen LogP contribution in [0.1, 0.15) is 16.8 Å². The minimum atomic E-state index is -0.820. The number of primary amides is 1. The van der Waals surface area contributed by atoms with Crippen LogP contribution in [0.5, 0.6) is 0 Å². The molecule has 1 aromatic carbocycles. The number of hydrogen-bond donors (Lipinski definition) is 3. The molecule has 7 nitrogen and oxygen atoms in total. The maximum Gasteiger partial charge on any atom is 0.303 e. The van der Waals surface area contributed by atoms with Gasteiger partial charge in [0.05, 0.1) is 24.2 Å². The van der Waals surface area contributed by atoms with Gasteiger partial charge < -0.3 is 16.2 Å². The van der Waals surface area contributed by atoms with Crippen LogP contribution in [0.4, 0.5) is 5.69 Å². The Labute approximate surface area is 121 Å². The largest absolute Gasteiger partial charge is 0.481 e. The molecule has 4 N–H and O–H groups in total. The number of carboxylic acids is 1. The maximum absolute atomic E-state index is 11.9. The Morgan fingerprint density at radius 1 is 1.29 bits per heavy atom. The molecule has 0 radical (unpaired) electrons. The molecular weight excluding hydrogens is 274 g/mol. The lowest BCUT2D eigenvalue weighted by Gasteiger charge is -2.37. The lowest BCUT2D eigenvalue weighted by Crippen LogP contribution is -2.50. The highest BCUT2D eigenvalue weighted by molar-refractivity contribution is 6.03. The number of anilines is 1. The van der Waals surface area contributed by atoms with Crippen molar-refractivity contribution in [3.8, 4) is 0 Å². The second kappa shape index (κ2) is 6.36. The van der Waals surface area contributed by atoms with E-state index in [1.807, 2.05) is 4.90 Å². The number of benzene rings is 1. The van der Waals surface area contributed by atoms with Gasteiger partial charge in [0.2, 0.25) is 5.91 Å². The summed E-state index contributed by atoms with van der Waals surface area (Å²) in [7, 11) is 0. The standard InChI is InChI=1S/C14H17N3O4/c15-14(21)10-3-1-2-4-11(10)16-12(18)8-17-6-9(7-17)5-13(19)20/h1-4,9H,5-8H2,(H2,15,21)(H,16,18)(H,19,20). The van der Waals surface area contributed by atoms with Crippen molar-refractivity contribution in [2.75, 3.05) is 25.0 Å². The van der Waals surface area contributed by atoms with Crippen LogP contribution < -0.4 is 11.1 Å². The first-order valence-corrected chi connectivity index (χ1v) is 6.58. The molecule has 1 aliphatic rings. The molecule has 1 aromatic rings. The molecular formula is C14H17N3O4. The first-order chi connectivity index (χ1) is 9.95. The van der Waals surface area contributed by atoms with Crippen LogP contribution in [-0.4, -0.2) is 47.4 Å². The molecule has 0 saturated carbocycles. The molecule has 0 bridgehead atoms. The van der Waals surface area contributed by atoms with Gasteiger partial charge in [0.1, 0.15) is 0 Å². The van der Waals surface area contributed by atoms with Crippen molar-refractivity contribution in [2.24, 2.45) is 11.7 Å². The summed E-state index contributed by atoms with van der Waals surface area (Å²) in [6.45, 7) is 1.36. The first-order valence-electron chi connectivity index (χ1n) is 6.58. The van der Waals surface area contributed by atoms with Gasteiger partial charge in [0.15, 0.2) is 0 Å². The molecule has 1 heterocycles. The molecule has 1 fully saturated rings. The van der Waals surface area contributed by atoms with Crippen molar-refractivity contribution in [1.82, 2.24) is 4.90 Å². The molecule has 7 heteroatoms. The van der Waals surface area contributed by atoms with Crippen LogP contribution in [0, 0.1) is 5.92 Å². The number of carbonyl (C=O) groups excluding carboxylic acids is 2. The van der Waals surface area contributed by atoms with Crippen molar-refractivity contribution in [3.05, 3.63) is 29.8 Å². The van der Waals surface area contributed by atoms with Crippen molar-refractivity contribution in [1.29, 1.82) is 0 Å². The number of hydrogen-bond acceptors (Lipinski definition) is 4. The number of amides is 2. The molecule has 2 amide bonds. The number of aliphatic carboxylic acids is 1. The molecule has 1 saturated heterocycles. The van der Waals surface area contributed by atoms with E-state index in [2.05, 4.69) is 5.32 Å². The Kier molecular flexibility index (Phi) is 4.54. The van der Waals surface area contributed by atoms with Crippen LogP contribution in [0.3, 0.4) is 0 Å². The Hall–Kier alpha value is -2.41. The van der Waals surface area contributed by atoms with E-state index < -0.39 is 11.9 Å². The average Bonchev–Trinajstić information content (AvgIpc) is 2.36. The molecule has 2 rings (SSSR count). The summed E-state index contributed by atoms with van der Waals surface area (Å²) < 4.78 is 0. The third kappa shape index (κ3) is 4.03. The first kappa shape index (κ1) is 15.0.